The molecule has 0 spiro atoms. The molecule has 0 radical (unpaired) electrons. The van der Waals surface area contributed by atoms with Gasteiger partial charge in [-0.1, -0.05) is 29.3 Å². The maximum atomic E-state index is 11.9. The van der Waals surface area contributed by atoms with E-state index < -0.39 is 12.5 Å². The number of ether oxygens (including phenoxy) is 1. The van der Waals surface area contributed by atoms with Gasteiger partial charge in [-0.05, 0) is 38.4 Å². The molecule has 1 saturated carbocycles. The lowest BCUT2D eigenvalue weighted by Gasteiger charge is -2.41. The Bertz CT molecular complexity index is 1010. The Morgan fingerprint density at radius 3 is 2.58 bits per heavy atom. The molecule has 33 heavy (non-hydrogen) atoms. The minimum atomic E-state index is -2.64. The van der Waals surface area contributed by atoms with Gasteiger partial charge in [-0.3, -0.25) is 14.3 Å². The molecule has 8 nitrogen and oxygen atoms in total. The van der Waals surface area contributed by atoms with Gasteiger partial charge in [0.15, 0.2) is 0 Å². The van der Waals surface area contributed by atoms with E-state index in [9.17, 15) is 18.4 Å². The van der Waals surface area contributed by atoms with Gasteiger partial charge < -0.3 is 20.7 Å². The number of likely N-dealkylation sites (N-methyl/N-ethyl adjacent to an activating group) is 1. The summed E-state index contributed by atoms with van der Waals surface area (Å²) in [6.45, 7) is -1.16. The van der Waals surface area contributed by atoms with Crippen LogP contribution in [-0.2, 0) is 22.6 Å². The summed E-state index contributed by atoms with van der Waals surface area (Å²) in [6, 6.07) is 5.01. The number of hydrogen-bond acceptors (Lipinski definition) is 5. The first-order valence-corrected chi connectivity index (χ1v) is 11.1. The van der Waals surface area contributed by atoms with Crippen LogP contribution < -0.4 is 11.1 Å². The molecule has 180 valence electrons. The third kappa shape index (κ3) is 5.81. The van der Waals surface area contributed by atoms with Crippen LogP contribution in [0.3, 0.4) is 0 Å². The molecule has 12 heteroatoms. The second kappa shape index (κ2) is 10.8. The average molecular weight is 504 g/mol. The van der Waals surface area contributed by atoms with Crippen LogP contribution >= 0.6 is 23.2 Å². The van der Waals surface area contributed by atoms with Gasteiger partial charge in [0.1, 0.15) is 5.69 Å². The molecule has 3 N–H and O–H groups in total. The fraction of sp³-hybridized carbons (Fsp3) is 0.476. The van der Waals surface area contributed by atoms with Crippen LogP contribution in [0.1, 0.15) is 35.3 Å². The Labute approximate surface area is 199 Å². The van der Waals surface area contributed by atoms with Crippen molar-refractivity contribution in [2.75, 3.05) is 20.2 Å². The third-order valence-electron chi connectivity index (χ3n) is 5.92. The zero-order chi connectivity index (χ0) is 24.2. The second-order valence-electron chi connectivity index (χ2n) is 7.92. The standard InChI is InChI=1S/C14H12Cl2N4O2.C7H13F2NO/c15-9-2-1-8(5-10(9)16)13-12(14(17)22)11-6-19(7-21)3-4-20(11)18-13;1-10-7(3-2-4-7)5-11-6(8)9/h1-2,5,7H,3-4,6H2,(H2,17,22);6,10H,2-5H2,1H3. The number of halogens is 4. The summed E-state index contributed by atoms with van der Waals surface area (Å²) >= 11 is 11.9. The molecule has 2 aliphatic rings. The van der Waals surface area contributed by atoms with Gasteiger partial charge in [0.25, 0.3) is 5.91 Å². The molecule has 1 aromatic heterocycles. The average Bonchev–Trinajstić information content (AvgIpc) is 3.14. The van der Waals surface area contributed by atoms with Gasteiger partial charge in [0.05, 0.1) is 41.0 Å². The highest BCUT2D eigenvalue weighted by molar-refractivity contribution is 6.42. The number of alkyl halides is 2. The monoisotopic (exact) mass is 503 g/mol. The number of carbonyl (C=O) groups excluding carboxylic acids is 2. The number of fused-ring (bicyclic) bond motifs is 1. The largest absolute Gasteiger partial charge is 0.365 e. The Kier molecular flexibility index (Phi) is 8.28. The summed E-state index contributed by atoms with van der Waals surface area (Å²) in [4.78, 5) is 24.4. The zero-order valence-corrected chi connectivity index (χ0v) is 19.5. The van der Waals surface area contributed by atoms with E-state index in [1.54, 1.807) is 34.8 Å². The lowest BCUT2D eigenvalue weighted by molar-refractivity contribution is -0.151. The molecule has 0 bridgehead atoms. The van der Waals surface area contributed by atoms with Crippen LogP contribution in [0, 0.1) is 0 Å². The van der Waals surface area contributed by atoms with Gasteiger partial charge in [-0.15, -0.1) is 0 Å². The fourth-order valence-electron chi connectivity index (χ4n) is 3.82. The molecule has 1 aliphatic heterocycles. The lowest BCUT2D eigenvalue weighted by Crippen LogP contribution is -2.53. The highest BCUT2D eigenvalue weighted by atomic mass is 35.5. The van der Waals surface area contributed by atoms with Crippen molar-refractivity contribution in [3.63, 3.8) is 0 Å². The highest BCUT2D eigenvalue weighted by Crippen LogP contribution is 2.33. The van der Waals surface area contributed by atoms with Crippen molar-refractivity contribution in [1.29, 1.82) is 0 Å². The summed E-state index contributed by atoms with van der Waals surface area (Å²) < 4.78 is 29.2. The molecule has 0 unspecified atom stereocenters. The zero-order valence-electron chi connectivity index (χ0n) is 18.0. The summed E-state index contributed by atoms with van der Waals surface area (Å²) in [6.07, 6.45) is 3.74. The van der Waals surface area contributed by atoms with E-state index in [-0.39, 0.29) is 12.1 Å². The van der Waals surface area contributed by atoms with Gasteiger partial charge in [0.2, 0.25) is 6.41 Å². The van der Waals surface area contributed by atoms with Crippen molar-refractivity contribution in [3.8, 4) is 11.3 Å². The Morgan fingerprint density at radius 1 is 1.33 bits per heavy atom. The van der Waals surface area contributed by atoms with Crippen LogP contribution in [0.5, 0.6) is 0 Å². The van der Waals surface area contributed by atoms with E-state index in [4.69, 9.17) is 28.9 Å². The van der Waals surface area contributed by atoms with Crippen LogP contribution in [-0.4, -0.2) is 59.3 Å². The van der Waals surface area contributed by atoms with Gasteiger partial charge >= 0.3 is 6.61 Å². The van der Waals surface area contributed by atoms with Crippen LogP contribution in [0.15, 0.2) is 18.2 Å². The van der Waals surface area contributed by atoms with E-state index in [1.165, 1.54) is 0 Å². The number of carbonyl (C=O) groups is 2. The normalized spacial score (nSPS) is 16.5. The lowest BCUT2D eigenvalue weighted by atomic mass is 9.77. The third-order valence-corrected chi connectivity index (χ3v) is 6.66. The van der Waals surface area contributed by atoms with Gasteiger partial charge in [0, 0.05) is 17.6 Å². The number of nitrogens with zero attached hydrogens (tertiary/aromatic N) is 3. The quantitative estimate of drug-likeness (QED) is 0.564. The van der Waals surface area contributed by atoms with E-state index >= 15 is 0 Å². The van der Waals surface area contributed by atoms with E-state index in [1.807, 2.05) is 0 Å². The van der Waals surface area contributed by atoms with Crippen molar-refractivity contribution in [3.05, 3.63) is 39.5 Å². The van der Waals surface area contributed by atoms with Gasteiger partial charge in [-0.2, -0.15) is 13.9 Å². The molecule has 2 heterocycles. The van der Waals surface area contributed by atoms with Crippen molar-refractivity contribution in [2.24, 2.45) is 5.73 Å². The smallest absolute Gasteiger partial charge is 0.345 e. The Morgan fingerprint density at radius 2 is 2.06 bits per heavy atom. The summed E-state index contributed by atoms with van der Waals surface area (Å²) in [5, 5.41) is 8.25. The van der Waals surface area contributed by atoms with Crippen molar-refractivity contribution in [1.82, 2.24) is 20.0 Å². The number of aromatic nitrogens is 2. The Balaban J connectivity index is 0.000000235. The van der Waals surface area contributed by atoms with Gasteiger partial charge in [-0.25, -0.2) is 0 Å². The molecule has 0 atom stereocenters. The molecule has 1 aliphatic carbocycles. The maximum Gasteiger partial charge on any atom is 0.345 e. The number of rotatable bonds is 7. The number of primary amides is 1. The molecular formula is C21H25Cl2F2N5O3. The van der Waals surface area contributed by atoms with E-state index in [2.05, 4.69) is 15.2 Å². The second-order valence-corrected chi connectivity index (χ2v) is 8.73. The number of hydrogen-bond donors (Lipinski definition) is 2. The first-order chi connectivity index (χ1) is 15.7. The highest BCUT2D eigenvalue weighted by Gasteiger charge is 2.36. The first-order valence-electron chi connectivity index (χ1n) is 10.3. The summed E-state index contributed by atoms with van der Waals surface area (Å²) in [7, 11) is 1.79. The number of nitrogens with two attached hydrogens (primary N) is 1. The number of benzene rings is 1. The molecule has 4 rings (SSSR count). The number of amides is 2. The predicted octanol–water partition coefficient (Wildman–Crippen LogP) is 3.30. The van der Waals surface area contributed by atoms with Crippen LogP contribution in [0.4, 0.5) is 8.78 Å². The van der Waals surface area contributed by atoms with Crippen molar-refractivity contribution < 1.29 is 23.1 Å². The minimum absolute atomic E-state index is 0.126. The van der Waals surface area contributed by atoms with E-state index in [0.29, 0.717) is 52.2 Å². The SMILES string of the molecule is CNC1(COC(F)F)CCC1.NC(=O)c1c(-c2ccc(Cl)c(Cl)c2)nn2c1CN(C=O)CC2. The van der Waals surface area contributed by atoms with Crippen LogP contribution in [0.2, 0.25) is 10.0 Å². The van der Waals surface area contributed by atoms with Crippen molar-refractivity contribution in [2.45, 2.75) is 44.5 Å². The Hall–Kier alpha value is -2.27. The summed E-state index contributed by atoms with van der Waals surface area (Å²) in [5.41, 5.74) is 7.41. The predicted molar refractivity (Wildman–Crippen MR) is 120 cm³/mol. The maximum absolute atomic E-state index is 11.9. The topological polar surface area (TPSA) is 102 Å². The molecule has 2 aromatic rings. The van der Waals surface area contributed by atoms with Crippen molar-refractivity contribution >= 4 is 35.5 Å². The summed E-state index contributed by atoms with van der Waals surface area (Å²) in [5.74, 6) is -0.588. The fourth-order valence-corrected chi connectivity index (χ4v) is 4.12. The minimum Gasteiger partial charge on any atom is -0.365 e. The molecule has 0 saturated heterocycles. The van der Waals surface area contributed by atoms with Crippen LogP contribution in [0.25, 0.3) is 11.3 Å². The van der Waals surface area contributed by atoms with E-state index in [0.717, 1.165) is 25.7 Å². The molecule has 1 aromatic carbocycles. The molecular weight excluding hydrogens is 479 g/mol. The molecule has 1 fully saturated rings. The molecule has 2 amide bonds. The number of nitrogens with one attached hydrogen (secondary N) is 1. The first kappa shape index (κ1) is 25.4.